The minimum absolute atomic E-state index is 0.00936. The number of amides is 1. The maximum absolute atomic E-state index is 11.7. The standard InChI is InChI=1S/C13H16N4OS/c1-10(19-2)13(18)14-8-12-16-15-9-17(12)11-6-4-3-5-7-11/h3-7,9-10H,8H2,1-2H3,(H,14,18). The number of para-hydroxylation sites is 1. The van der Waals surface area contributed by atoms with E-state index >= 15 is 0 Å². The summed E-state index contributed by atoms with van der Waals surface area (Å²) >= 11 is 1.52. The van der Waals surface area contributed by atoms with E-state index in [4.69, 9.17) is 0 Å². The highest BCUT2D eigenvalue weighted by Crippen LogP contribution is 2.09. The first-order valence-electron chi connectivity index (χ1n) is 5.97. The van der Waals surface area contributed by atoms with Gasteiger partial charge in [-0.05, 0) is 25.3 Å². The van der Waals surface area contributed by atoms with E-state index in [9.17, 15) is 4.79 Å². The highest BCUT2D eigenvalue weighted by molar-refractivity contribution is 7.99. The summed E-state index contributed by atoms with van der Waals surface area (Å²) in [5.74, 6) is 0.725. The molecule has 1 heterocycles. The molecule has 2 aromatic rings. The Kier molecular flexibility index (Phi) is 4.57. The Labute approximate surface area is 116 Å². The van der Waals surface area contributed by atoms with E-state index in [-0.39, 0.29) is 11.2 Å². The van der Waals surface area contributed by atoms with Gasteiger partial charge < -0.3 is 5.32 Å². The average molecular weight is 276 g/mol. The number of aromatic nitrogens is 3. The lowest BCUT2D eigenvalue weighted by molar-refractivity contribution is -0.120. The lowest BCUT2D eigenvalue weighted by atomic mass is 10.3. The summed E-state index contributed by atoms with van der Waals surface area (Å²) in [6.07, 6.45) is 3.56. The van der Waals surface area contributed by atoms with Gasteiger partial charge in [-0.15, -0.1) is 10.2 Å². The van der Waals surface area contributed by atoms with E-state index in [0.717, 1.165) is 5.69 Å². The largest absolute Gasteiger partial charge is 0.348 e. The summed E-state index contributed by atoms with van der Waals surface area (Å²) in [7, 11) is 0. The average Bonchev–Trinajstić information content (AvgIpc) is 2.93. The number of thioether (sulfide) groups is 1. The van der Waals surface area contributed by atoms with Crippen molar-refractivity contribution in [2.24, 2.45) is 0 Å². The predicted molar refractivity (Wildman–Crippen MR) is 76.2 cm³/mol. The number of hydrogen-bond donors (Lipinski definition) is 1. The summed E-state index contributed by atoms with van der Waals surface area (Å²) in [4.78, 5) is 11.7. The fraction of sp³-hybridized carbons (Fsp3) is 0.308. The molecular formula is C13H16N4OS. The van der Waals surface area contributed by atoms with Crippen molar-refractivity contribution in [1.29, 1.82) is 0 Å². The van der Waals surface area contributed by atoms with Gasteiger partial charge in [0, 0.05) is 5.69 Å². The molecule has 0 aliphatic heterocycles. The fourth-order valence-electron chi connectivity index (χ4n) is 1.60. The molecule has 2 rings (SSSR count). The van der Waals surface area contributed by atoms with Crippen LogP contribution in [0.1, 0.15) is 12.7 Å². The van der Waals surface area contributed by atoms with E-state index in [1.54, 1.807) is 6.33 Å². The number of carbonyl (C=O) groups is 1. The fourth-order valence-corrected chi connectivity index (χ4v) is 1.90. The maximum Gasteiger partial charge on any atom is 0.233 e. The minimum Gasteiger partial charge on any atom is -0.348 e. The minimum atomic E-state index is -0.0619. The Balaban J connectivity index is 2.07. The molecule has 5 nitrogen and oxygen atoms in total. The molecule has 0 saturated carbocycles. The molecular weight excluding hydrogens is 260 g/mol. The molecule has 1 aromatic carbocycles. The molecule has 1 amide bonds. The van der Waals surface area contributed by atoms with Crippen LogP contribution in [0.15, 0.2) is 36.7 Å². The normalized spacial score (nSPS) is 12.1. The van der Waals surface area contributed by atoms with E-state index in [1.165, 1.54) is 11.8 Å². The van der Waals surface area contributed by atoms with Crippen molar-refractivity contribution in [3.05, 3.63) is 42.5 Å². The first-order valence-corrected chi connectivity index (χ1v) is 7.26. The molecule has 100 valence electrons. The topological polar surface area (TPSA) is 59.8 Å². The van der Waals surface area contributed by atoms with Crippen molar-refractivity contribution < 1.29 is 4.79 Å². The Morgan fingerprint density at radius 2 is 2.16 bits per heavy atom. The smallest absolute Gasteiger partial charge is 0.233 e. The SMILES string of the molecule is CSC(C)C(=O)NCc1nncn1-c1ccccc1. The van der Waals surface area contributed by atoms with Crippen LogP contribution in [-0.4, -0.2) is 32.2 Å². The van der Waals surface area contributed by atoms with Crippen molar-refractivity contribution in [2.75, 3.05) is 6.26 Å². The van der Waals surface area contributed by atoms with Crippen molar-refractivity contribution >= 4 is 17.7 Å². The molecule has 0 fully saturated rings. The zero-order valence-electron chi connectivity index (χ0n) is 10.9. The van der Waals surface area contributed by atoms with E-state index in [1.807, 2.05) is 48.1 Å². The van der Waals surface area contributed by atoms with Gasteiger partial charge >= 0.3 is 0 Å². The highest BCUT2D eigenvalue weighted by atomic mass is 32.2. The second-order valence-electron chi connectivity index (χ2n) is 4.05. The maximum atomic E-state index is 11.7. The van der Waals surface area contributed by atoms with Crippen molar-refractivity contribution in [1.82, 2.24) is 20.1 Å². The third-order valence-corrected chi connectivity index (χ3v) is 3.72. The first-order chi connectivity index (χ1) is 9.22. The molecule has 0 spiro atoms. The lowest BCUT2D eigenvalue weighted by Crippen LogP contribution is -2.31. The van der Waals surface area contributed by atoms with Gasteiger partial charge in [0.15, 0.2) is 5.82 Å². The number of hydrogen-bond acceptors (Lipinski definition) is 4. The number of carbonyl (C=O) groups excluding carboxylic acids is 1. The summed E-state index contributed by atoms with van der Waals surface area (Å²) in [5.41, 5.74) is 0.981. The Bertz CT molecular complexity index is 541. The molecule has 1 N–H and O–H groups in total. The summed E-state index contributed by atoms with van der Waals surface area (Å²) in [5, 5.41) is 10.7. The summed E-state index contributed by atoms with van der Waals surface area (Å²) in [6, 6.07) is 9.80. The molecule has 6 heteroatoms. The summed E-state index contributed by atoms with van der Waals surface area (Å²) in [6.45, 7) is 2.25. The summed E-state index contributed by atoms with van der Waals surface area (Å²) < 4.78 is 1.87. The molecule has 0 saturated heterocycles. The first kappa shape index (κ1) is 13.6. The van der Waals surface area contributed by atoms with Crippen LogP contribution in [0.2, 0.25) is 0 Å². The third kappa shape index (κ3) is 3.35. The highest BCUT2D eigenvalue weighted by Gasteiger charge is 2.12. The molecule has 0 aliphatic rings. The third-order valence-electron chi connectivity index (χ3n) is 2.80. The molecule has 0 bridgehead atoms. The second-order valence-corrected chi connectivity index (χ2v) is 5.23. The van der Waals surface area contributed by atoms with Crippen LogP contribution in [0.4, 0.5) is 0 Å². The Morgan fingerprint density at radius 3 is 2.84 bits per heavy atom. The van der Waals surface area contributed by atoms with Gasteiger partial charge in [0.1, 0.15) is 6.33 Å². The van der Waals surface area contributed by atoms with E-state index in [2.05, 4.69) is 15.5 Å². The van der Waals surface area contributed by atoms with Gasteiger partial charge in [0.05, 0.1) is 11.8 Å². The molecule has 0 radical (unpaired) electrons. The van der Waals surface area contributed by atoms with Crippen LogP contribution in [0.3, 0.4) is 0 Å². The van der Waals surface area contributed by atoms with Gasteiger partial charge in [0.2, 0.25) is 5.91 Å². The van der Waals surface area contributed by atoms with Gasteiger partial charge in [-0.25, -0.2) is 0 Å². The second kappa shape index (κ2) is 6.38. The van der Waals surface area contributed by atoms with Crippen LogP contribution in [0.5, 0.6) is 0 Å². The zero-order chi connectivity index (χ0) is 13.7. The van der Waals surface area contributed by atoms with Gasteiger partial charge in [-0.2, -0.15) is 11.8 Å². The molecule has 0 aliphatic carbocycles. The van der Waals surface area contributed by atoms with E-state index in [0.29, 0.717) is 12.4 Å². The van der Waals surface area contributed by atoms with E-state index < -0.39 is 0 Å². The lowest BCUT2D eigenvalue weighted by Gasteiger charge is -2.10. The van der Waals surface area contributed by atoms with Crippen molar-refractivity contribution in [3.63, 3.8) is 0 Å². The van der Waals surface area contributed by atoms with Gasteiger partial charge in [-0.1, -0.05) is 18.2 Å². The van der Waals surface area contributed by atoms with Crippen LogP contribution in [0, 0.1) is 0 Å². The molecule has 19 heavy (non-hydrogen) atoms. The number of rotatable bonds is 5. The molecule has 1 unspecified atom stereocenters. The zero-order valence-corrected chi connectivity index (χ0v) is 11.7. The number of nitrogens with zero attached hydrogens (tertiary/aromatic N) is 3. The Morgan fingerprint density at radius 1 is 1.42 bits per heavy atom. The molecule has 1 aromatic heterocycles. The van der Waals surface area contributed by atoms with Crippen LogP contribution in [0.25, 0.3) is 5.69 Å². The predicted octanol–water partition coefficient (Wildman–Crippen LogP) is 1.63. The number of nitrogens with one attached hydrogen (secondary N) is 1. The van der Waals surface area contributed by atoms with Gasteiger partial charge in [0.25, 0.3) is 0 Å². The van der Waals surface area contributed by atoms with Crippen LogP contribution < -0.4 is 5.32 Å². The molecule has 1 atom stereocenters. The van der Waals surface area contributed by atoms with Crippen molar-refractivity contribution in [2.45, 2.75) is 18.7 Å². The monoisotopic (exact) mass is 276 g/mol. The Hall–Kier alpha value is -1.82. The van der Waals surface area contributed by atoms with Gasteiger partial charge in [-0.3, -0.25) is 9.36 Å². The van der Waals surface area contributed by atoms with Crippen molar-refractivity contribution in [3.8, 4) is 5.69 Å². The van der Waals surface area contributed by atoms with Crippen LogP contribution in [-0.2, 0) is 11.3 Å². The number of benzene rings is 1. The van der Waals surface area contributed by atoms with Crippen LogP contribution >= 0.6 is 11.8 Å². The quantitative estimate of drug-likeness (QED) is 0.902.